The Morgan fingerprint density at radius 3 is 2.50 bits per heavy atom. The maximum Gasteiger partial charge on any atom is 0.0131 e. The van der Waals surface area contributed by atoms with Gasteiger partial charge in [-0.25, -0.2) is 0 Å². The quantitative estimate of drug-likeness (QED) is 0.743. The van der Waals surface area contributed by atoms with Crippen molar-refractivity contribution in [1.82, 2.24) is 0 Å². The van der Waals surface area contributed by atoms with Crippen LogP contribution in [0.4, 0.5) is 0 Å². The smallest absolute Gasteiger partial charge is 0.0131 e. The molecule has 0 saturated heterocycles. The number of fused-ring (bicyclic) bond motifs is 2. The standard InChI is InChI=1S/C24H20/c1-18(15-16-19-9-3-2-4-10-19)24-22-13-7-5-11-20(22)17-21-12-6-8-14-23(21)24/h2-17,20,22H,1H2/b16-15-. The van der Waals surface area contributed by atoms with Gasteiger partial charge in [0.2, 0.25) is 0 Å². The van der Waals surface area contributed by atoms with E-state index in [0.29, 0.717) is 11.8 Å². The zero-order valence-corrected chi connectivity index (χ0v) is 13.6. The van der Waals surface area contributed by atoms with Crippen LogP contribution in [0.1, 0.15) is 5.56 Å². The molecule has 2 aromatic carbocycles. The van der Waals surface area contributed by atoms with Crippen molar-refractivity contribution in [3.63, 3.8) is 0 Å². The molecule has 2 unspecified atom stereocenters. The molecule has 0 aromatic heterocycles. The van der Waals surface area contributed by atoms with Crippen molar-refractivity contribution >= 4 is 17.7 Å². The molecule has 2 aromatic rings. The zero-order chi connectivity index (χ0) is 16.4. The molecule has 2 atom stereocenters. The van der Waals surface area contributed by atoms with Crippen LogP contribution in [-0.2, 0) is 0 Å². The van der Waals surface area contributed by atoms with Gasteiger partial charge in [0.05, 0.1) is 0 Å². The molecule has 4 rings (SSSR count). The highest BCUT2D eigenvalue weighted by molar-refractivity contribution is 5.76. The molecule has 2 aliphatic rings. The second-order valence-corrected chi connectivity index (χ2v) is 6.31. The van der Waals surface area contributed by atoms with Gasteiger partial charge in [0.15, 0.2) is 0 Å². The zero-order valence-electron chi connectivity index (χ0n) is 13.6. The first-order valence-electron chi connectivity index (χ1n) is 8.41. The summed E-state index contributed by atoms with van der Waals surface area (Å²) in [6.07, 6.45) is 15.5. The van der Waals surface area contributed by atoms with E-state index in [1.165, 1.54) is 21.6 Å². The lowest BCUT2D eigenvalue weighted by atomic mass is 9.75. The number of hydrogen-bond acceptors (Lipinski definition) is 0. The fourth-order valence-corrected chi connectivity index (χ4v) is 3.58. The van der Waals surface area contributed by atoms with Gasteiger partial charge in [-0.2, -0.15) is 0 Å². The van der Waals surface area contributed by atoms with Gasteiger partial charge in [0.1, 0.15) is 0 Å². The third-order valence-corrected chi connectivity index (χ3v) is 4.76. The van der Waals surface area contributed by atoms with Crippen molar-refractivity contribution in [2.24, 2.45) is 11.8 Å². The minimum Gasteiger partial charge on any atom is -0.0914 e. The predicted octanol–water partition coefficient (Wildman–Crippen LogP) is 4.26. The topological polar surface area (TPSA) is 0 Å². The van der Waals surface area contributed by atoms with E-state index in [1.807, 2.05) is 6.07 Å². The van der Waals surface area contributed by atoms with Gasteiger partial charge in [-0.1, -0.05) is 104 Å². The Morgan fingerprint density at radius 2 is 1.62 bits per heavy atom. The molecule has 0 N–H and O–H groups in total. The molecule has 0 bridgehead atoms. The van der Waals surface area contributed by atoms with Gasteiger partial charge in [-0.3, -0.25) is 0 Å². The van der Waals surface area contributed by atoms with E-state index < -0.39 is 0 Å². The van der Waals surface area contributed by atoms with Crippen LogP contribution >= 0.6 is 0 Å². The third-order valence-electron chi connectivity index (χ3n) is 4.76. The minimum atomic E-state index is 0.373. The van der Waals surface area contributed by atoms with Crippen LogP contribution < -0.4 is 10.4 Å². The third kappa shape index (κ3) is 2.72. The van der Waals surface area contributed by atoms with E-state index in [1.54, 1.807) is 0 Å². The summed E-state index contributed by atoms with van der Waals surface area (Å²) in [7, 11) is 0. The molecule has 0 nitrogen and oxygen atoms in total. The molecule has 0 saturated carbocycles. The maximum atomic E-state index is 4.39. The Labute approximate surface area is 143 Å². The highest BCUT2D eigenvalue weighted by Gasteiger charge is 2.25. The van der Waals surface area contributed by atoms with Crippen molar-refractivity contribution in [3.8, 4) is 0 Å². The van der Waals surface area contributed by atoms with Crippen LogP contribution in [0.25, 0.3) is 17.7 Å². The molecule has 0 heteroatoms. The van der Waals surface area contributed by atoms with E-state index in [2.05, 4.69) is 97.6 Å². The van der Waals surface area contributed by atoms with E-state index in [4.69, 9.17) is 0 Å². The second-order valence-electron chi connectivity index (χ2n) is 6.31. The molecule has 116 valence electrons. The van der Waals surface area contributed by atoms with Crippen molar-refractivity contribution < 1.29 is 0 Å². The fraction of sp³-hybridized carbons (Fsp3) is 0.0833. The summed E-state index contributed by atoms with van der Waals surface area (Å²) in [6.45, 7) is 4.39. The van der Waals surface area contributed by atoms with Gasteiger partial charge in [-0.05, 0) is 27.1 Å². The SMILES string of the molecule is C=C(/C=C\c1ccccc1)C1=c2ccccc2=CC2C=CC=CC12. The summed E-state index contributed by atoms with van der Waals surface area (Å²) in [4.78, 5) is 0. The monoisotopic (exact) mass is 308 g/mol. The highest BCUT2D eigenvalue weighted by Crippen LogP contribution is 2.33. The Balaban J connectivity index is 1.81. The first kappa shape index (κ1) is 14.7. The van der Waals surface area contributed by atoms with Gasteiger partial charge in [0.25, 0.3) is 0 Å². The maximum absolute atomic E-state index is 4.39. The molecule has 0 amide bonds. The van der Waals surface area contributed by atoms with Crippen LogP contribution in [0, 0.1) is 11.8 Å². The first-order valence-corrected chi connectivity index (χ1v) is 8.41. The highest BCUT2D eigenvalue weighted by atomic mass is 14.3. The molecule has 0 heterocycles. The van der Waals surface area contributed by atoms with Gasteiger partial charge >= 0.3 is 0 Å². The molecule has 0 spiro atoms. The average molecular weight is 308 g/mol. The molecule has 2 aliphatic carbocycles. The summed E-state index contributed by atoms with van der Waals surface area (Å²) >= 11 is 0. The summed E-state index contributed by atoms with van der Waals surface area (Å²) in [5.74, 6) is 0.791. The summed E-state index contributed by atoms with van der Waals surface area (Å²) in [5.41, 5.74) is 3.63. The van der Waals surface area contributed by atoms with E-state index >= 15 is 0 Å². The summed E-state index contributed by atoms with van der Waals surface area (Å²) in [5, 5.41) is 2.62. The molecule has 0 aliphatic heterocycles. The lowest BCUT2D eigenvalue weighted by Gasteiger charge is -2.28. The number of rotatable bonds is 3. The molecule has 24 heavy (non-hydrogen) atoms. The Bertz CT molecular complexity index is 968. The summed E-state index contributed by atoms with van der Waals surface area (Å²) in [6, 6.07) is 19.0. The van der Waals surface area contributed by atoms with Crippen molar-refractivity contribution in [3.05, 3.63) is 113 Å². The predicted molar refractivity (Wildman–Crippen MR) is 103 cm³/mol. The van der Waals surface area contributed by atoms with Gasteiger partial charge < -0.3 is 0 Å². The van der Waals surface area contributed by atoms with Crippen LogP contribution in [0.5, 0.6) is 0 Å². The number of hydrogen-bond donors (Lipinski definition) is 0. The lowest BCUT2D eigenvalue weighted by Crippen LogP contribution is -2.36. The lowest BCUT2D eigenvalue weighted by molar-refractivity contribution is 0.704. The number of allylic oxidation sites excluding steroid dienone is 6. The van der Waals surface area contributed by atoms with Gasteiger partial charge in [-0.15, -0.1) is 0 Å². The van der Waals surface area contributed by atoms with Crippen LogP contribution in [0.3, 0.4) is 0 Å². The van der Waals surface area contributed by atoms with Crippen molar-refractivity contribution in [2.45, 2.75) is 0 Å². The average Bonchev–Trinajstić information content (AvgIpc) is 2.65. The van der Waals surface area contributed by atoms with Crippen LogP contribution in [0.2, 0.25) is 0 Å². The van der Waals surface area contributed by atoms with Crippen LogP contribution in [-0.4, -0.2) is 0 Å². The van der Waals surface area contributed by atoms with E-state index in [0.717, 1.165) is 5.57 Å². The number of benzene rings is 2. The first-order chi connectivity index (χ1) is 11.8. The Hall–Kier alpha value is -2.86. The molecule has 0 radical (unpaired) electrons. The fourth-order valence-electron chi connectivity index (χ4n) is 3.58. The second kappa shape index (κ2) is 6.33. The molecular weight excluding hydrogens is 288 g/mol. The normalized spacial score (nSPS) is 21.2. The van der Waals surface area contributed by atoms with Crippen molar-refractivity contribution in [1.29, 1.82) is 0 Å². The Kier molecular flexibility index (Phi) is 3.88. The van der Waals surface area contributed by atoms with Crippen LogP contribution in [0.15, 0.2) is 97.1 Å². The van der Waals surface area contributed by atoms with Crippen molar-refractivity contribution in [2.75, 3.05) is 0 Å². The van der Waals surface area contributed by atoms with E-state index in [9.17, 15) is 0 Å². The Morgan fingerprint density at radius 1 is 0.875 bits per heavy atom. The largest absolute Gasteiger partial charge is 0.0914 e. The molecular formula is C24H20. The van der Waals surface area contributed by atoms with Gasteiger partial charge in [0, 0.05) is 11.8 Å². The van der Waals surface area contributed by atoms with E-state index in [-0.39, 0.29) is 0 Å². The summed E-state index contributed by atoms with van der Waals surface area (Å²) < 4.78 is 0. The molecule has 0 fully saturated rings. The minimum absolute atomic E-state index is 0.373.